The van der Waals surface area contributed by atoms with Crippen molar-refractivity contribution in [2.24, 2.45) is 0 Å². The minimum Gasteiger partial charge on any atom is -0.382 e. The Morgan fingerprint density at radius 3 is 3.21 bits per heavy atom. The van der Waals surface area contributed by atoms with Gasteiger partial charge in [0.25, 0.3) is 0 Å². The van der Waals surface area contributed by atoms with Crippen LogP contribution < -0.4 is 10.6 Å². The average molecular weight is 262 g/mol. The summed E-state index contributed by atoms with van der Waals surface area (Å²) in [6, 6.07) is 6.11. The molecule has 0 fully saturated rings. The van der Waals surface area contributed by atoms with Gasteiger partial charge in [0.15, 0.2) is 0 Å². The van der Waals surface area contributed by atoms with Crippen LogP contribution in [0.25, 0.3) is 0 Å². The van der Waals surface area contributed by atoms with Crippen LogP contribution in [-0.4, -0.2) is 25.7 Å². The van der Waals surface area contributed by atoms with Gasteiger partial charge in [0.05, 0.1) is 0 Å². The van der Waals surface area contributed by atoms with Gasteiger partial charge in [0.2, 0.25) is 5.91 Å². The van der Waals surface area contributed by atoms with Crippen molar-refractivity contribution in [3.63, 3.8) is 0 Å². The Hall–Kier alpha value is -1.39. The van der Waals surface area contributed by atoms with Crippen molar-refractivity contribution in [1.82, 2.24) is 5.32 Å². The van der Waals surface area contributed by atoms with E-state index in [1.807, 2.05) is 19.1 Å². The van der Waals surface area contributed by atoms with E-state index in [1.165, 1.54) is 11.1 Å². The molecule has 4 nitrogen and oxygen atoms in total. The first-order valence-electron chi connectivity index (χ1n) is 7.00. The molecule has 1 aliphatic rings. The summed E-state index contributed by atoms with van der Waals surface area (Å²) < 4.78 is 5.24. The maximum absolute atomic E-state index is 11.9. The quantitative estimate of drug-likeness (QED) is 0.772. The van der Waals surface area contributed by atoms with Crippen molar-refractivity contribution in [2.75, 3.05) is 25.1 Å². The largest absolute Gasteiger partial charge is 0.382 e. The van der Waals surface area contributed by atoms with Crippen molar-refractivity contribution in [1.29, 1.82) is 0 Å². The molecular weight excluding hydrogens is 240 g/mol. The van der Waals surface area contributed by atoms with Crippen LogP contribution in [0.5, 0.6) is 0 Å². The third kappa shape index (κ3) is 4.04. The minimum atomic E-state index is 0.0756. The SMILES string of the molecule is CCOCCCC(=O)Nc1cccc2c1CCNC2. The zero-order valence-corrected chi connectivity index (χ0v) is 11.5. The highest BCUT2D eigenvalue weighted by atomic mass is 16.5. The predicted octanol–water partition coefficient (Wildman–Crippen LogP) is 2.09. The van der Waals surface area contributed by atoms with Crippen molar-refractivity contribution in [3.05, 3.63) is 29.3 Å². The molecule has 1 amide bonds. The molecule has 4 heteroatoms. The topological polar surface area (TPSA) is 50.4 Å². The van der Waals surface area contributed by atoms with E-state index in [4.69, 9.17) is 4.74 Å². The molecule has 0 aliphatic carbocycles. The summed E-state index contributed by atoms with van der Waals surface area (Å²) in [5.41, 5.74) is 3.54. The lowest BCUT2D eigenvalue weighted by Crippen LogP contribution is -2.25. The average Bonchev–Trinajstić information content (AvgIpc) is 2.44. The van der Waals surface area contributed by atoms with Crippen LogP contribution in [0, 0.1) is 0 Å². The van der Waals surface area contributed by atoms with E-state index in [2.05, 4.69) is 16.7 Å². The first-order valence-corrected chi connectivity index (χ1v) is 7.00. The number of benzene rings is 1. The number of amides is 1. The molecule has 0 unspecified atom stereocenters. The molecule has 1 aromatic rings. The Labute approximate surface area is 114 Å². The molecular formula is C15H22N2O2. The fourth-order valence-corrected chi connectivity index (χ4v) is 2.34. The van der Waals surface area contributed by atoms with Crippen LogP contribution in [0.1, 0.15) is 30.9 Å². The van der Waals surface area contributed by atoms with E-state index < -0.39 is 0 Å². The molecule has 1 aromatic carbocycles. The van der Waals surface area contributed by atoms with Crippen LogP contribution in [0.15, 0.2) is 18.2 Å². The zero-order chi connectivity index (χ0) is 13.5. The van der Waals surface area contributed by atoms with Crippen molar-refractivity contribution < 1.29 is 9.53 Å². The molecule has 1 aliphatic heterocycles. The van der Waals surface area contributed by atoms with E-state index in [0.717, 1.165) is 31.6 Å². The van der Waals surface area contributed by atoms with E-state index >= 15 is 0 Å². The van der Waals surface area contributed by atoms with Gasteiger partial charge in [-0.15, -0.1) is 0 Å². The number of hydrogen-bond acceptors (Lipinski definition) is 3. The number of fused-ring (bicyclic) bond motifs is 1. The second-order valence-corrected chi connectivity index (χ2v) is 4.72. The summed E-state index contributed by atoms with van der Waals surface area (Å²) >= 11 is 0. The lowest BCUT2D eigenvalue weighted by atomic mass is 9.99. The Kier molecular flexibility index (Phi) is 5.36. The van der Waals surface area contributed by atoms with Gasteiger partial charge in [0, 0.05) is 31.9 Å². The molecule has 0 saturated heterocycles. The predicted molar refractivity (Wildman–Crippen MR) is 76.2 cm³/mol. The fourth-order valence-electron chi connectivity index (χ4n) is 2.34. The number of ether oxygens (including phenoxy) is 1. The maximum Gasteiger partial charge on any atom is 0.224 e. The monoisotopic (exact) mass is 262 g/mol. The van der Waals surface area contributed by atoms with Gasteiger partial charge in [-0.25, -0.2) is 0 Å². The molecule has 0 bridgehead atoms. The summed E-state index contributed by atoms with van der Waals surface area (Å²) in [7, 11) is 0. The molecule has 0 atom stereocenters. The van der Waals surface area contributed by atoms with Gasteiger partial charge in [-0.05, 0) is 43.5 Å². The van der Waals surface area contributed by atoms with Gasteiger partial charge < -0.3 is 15.4 Å². The smallest absolute Gasteiger partial charge is 0.224 e. The van der Waals surface area contributed by atoms with E-state index in [1.54, 1.807) is 0 Å². The first-order chi connectivity index (χ1) is 9.31. The Balaban J connectivity index is 1.90. The summed E-state index contributed by atoms with van der Waals surface area (Å²) in [5, 5.41) is 6.37. The highest BCUT2D eigenvalue weighted by Gasteiger charge is 2.13. The normalized spacial score (nSPS) is 13.9. The van der Waals surface area contributed by atoms with Gasteiger partial charge >= 0.3 is 0 Å². The summed E-state index contributed by atoms with van der Waals surface area (Å²) in [5.74, 6) is 0.0756. The van der Waals surface area contributed by atoms with Crippen LogP contribution in [-0.2, 0) is 22.5 Å². The van der Waals surface area contributed by atoms with Crippen LogP contribution >= 0.6 is 0 Å². The zero-order valence-electron chi connectivity index (χ0n) is 11.5. The van der Waals surface area contributed by atoms with E-state index in [0.29, 0.717) is 19.6 Å². The fraction of sp³-hybridized carbons (Fsp3) is 0.533. The molecule has 0 radical (unpaired) electrons. The van der Waals surface area contributed by atoms with Gasteiger partial charge in [-0.3, -0.25) is 4.79 Å². The summed E-state index contributed by atoms with van der Waals surface area (Å²) in [4.78, 5) is 11.9. The summed E-state index contributed by atoms with van der Waals surface area (Å²) in [6.45, 7) is 5.19. The third-order valence-corrected chi connectivity index (χ3v) is 3.31. The van der Waals surface area contributed by atoms with Crippen molar-refractivity contribution in [3.8, 4) is 0 Å². The number of anilines is 1. The number of hydrogen-bond donors (Lipinski definition) is 2. The third-order valence-electron chi connectivity index (χ3n) is 3.31. The Bertz CT molecular complexity index is 432. The lowest BCUT2D eigenvalue weighted by molar-refractivity contribution is -0.116. The second kappa shape index (κ2) is 7.26. The molecule has 0 saturated carbocycles. The Morgan fingerprint density at radius 2 is 2.37 bits per heavy atom. The molecule has 104 valence electrons. The highest BCUT2D eigenvalue weighted by Crippen LogP contribution is 2.23. The maximum atomic E-state index is 11.9. The minimum absolute atomic E-state index is 0.0756. The number of carbonyl (C=O) groups excluding carboxylic acids is 1. The number of rotatable bonds is 6. The molecule has 1 heterocycles. The van der Waals surface area contributed by atoms with Crippen LogP contribution in [0.4, 0.5) is 5.69 Å². The summed E-state index contributed by atoms with van der Waals surface area (Å²) in [6.07, 6.45) is 2.27. The molecule has 0 spiro atoms. The number of nitrogens with one attached hydrogen (secondary N) is 2. The van der Waals surface area contributed by atoms with E-state index in [9.17, 15) is 4.79 Å². The van der Waals surface area contributed by atoms with Crippen LogP contribution in [0.3, 0.4) is 0 Å². The molecule has 0 aromatic heterocycles. The molecule has 2 rings (SSSR count). The van der Waals surface area contributed by atoms with E-state index in [-0.39, 0.29) is 5.91 Å². The molecule has 2 N–H and O–H groups in total. The second-order valence-electron chi connectivity index (χ2n) is 4.72. The van der Waals surface area contributed by atoms with Gasteiger partial charge in [-0.2, -0.15) is 0 Å². The molecule has 19 heavy (non-hydrogen) atoms. The highest BCUT2D eigenvalue weighted by molar-refractivity contribution is 5.91. The van der Waals surface area contributed by atoms with Crippen molar-refractivity contribution in [2.45, 2.75) is 32.7 Å². The Morgan fingerprint density at radius 1 is 1.47 bits per heavy atom. The van der Waals surface area contributed by atoms with Gasteiger partial charge in [0.1, 0.15) is 0 Å². The standard InChI is InChI=1S/C15H22N2O2/c1-2-19-10-4-7-15(18)17-14-6-3-5-12-11-16-9-8-13(12)14/h3,5-6,16H,2,4,7-11H2,1H3,(H,17,18). The lowest BCUT2D eigenvalue weighted by Gasteiger charge is -2.20. The first kappa shape index (κ1) is 14.0. The van der Waals surface area contributed by atoms with Crippen LogP contribution in [0.2, 0.25) is 0 Å². The van der Waals surface area contributed by atoms with Gasteiger partial charge in [-0.1, -0.05) is 12.1 Å². The number of carbonyl (C=O) groups is 1. The van der Waals surface area contributed by atoms with Crippen molar-refractivity contribution >= 4 is 11.6 Å².